The van der Waals surface area contributed by atoms with Crippen LogP contribution in [0.5, 0.6) is 0 Å². The van der Waals surface area contributed by atoms with Gasteiger partial charge >= 0.3 is 0 Å². The molecule has 0 amide bonds. The molecule has 2 nitrogen and oxygen atoms in total. The van der Waals surface area contributed by atoms with Crippen LogP contribution in [-0.4, -0.2) is 23.3 Å². The summed E-state index contributed by atoms with van der Waals surface area (Å²) >= 11 is 5.89. The van der Waals surface area contributed by atoms with Crippen molar-refractivity contribution in [3.05, 3.63) is 34.9 Å². The van der Waals surface area contributed by atoms with Crippen LogP contribution in [0.3, 0.4) is 0 Å². The van der Waals surface area contributed by atoms with Gasteiger partial charge in [0.2, 0.25) is 0 Å². The second-order valence-corrected chi connectivity index (χ2v) is 6.31. The Balaban J connectivity index is 1.44. The van der Waals surface area contributed by atoms with Crippen molar-refractivity contribution >= 4 is 11.6 Å². The number of nitrogens with one attached hydrogen (secondary N) is 1. The minimum atomic E-state index is -0.397. The fourth-order valence-electron chi connectivity index (χ4n) is 2.89. The van der Waals surface area contributed by atoms with Gasteiger partial charge in [0, 0.05) is 17.6 Å². The fourth-order valence-corrected chi connectivity index (χ4v) is 3.01. The molecule has 0 bridgehead atoms. The Hall–Kier alpha value is -0.570. The van der Waals surface area contributed by atoms with Crippen LogP contribution in [0.15, 0.2) is 24.3 Å². The van der Waals surface area contributed by atoms with E-state index in [1.165, 1.54) is 24.8 Å². The molecule has 0 atom stereocenters. The SMILES string of the molecule is OC1(CNC2CC(c3ccc(Cl)cc3)C2)CCC1. The summed E-state index contributed by atoms with van der Waals surface area (Å²) in [7, 11) is 0. The van der Waals surface area contributed by atoms with Crippen molar-refractivity contribution in [1.29, 1.82) is 0 Å². The first kappa shape index (κ1) is 12.5. The largest absolute Gasteiger partial charge is 0.389 e. The number of hydrogen-bond acceptors (Lipinski definition) is 2. The fraction of sp³-hybridized carbons (Fsp3) is 0.600. The van der Waals surface area contributed by atoms with Crippen LogP contribution in [0.1, 0.15) is 43.6 Å². The normalized spacial score (nSPS) is 29.4. The third kappa shape index (κ3) is 2.56. The predicted molar refractivity (Wildman–Crippen MR) is 74.0 cm³/mol. The van der Waals surface area contributed by atoms with E-state index in [-0.39, 0.29) is 0 Å². The Morgan fingerprint density at radius 1 is 1.22 bits per heavy atom. The van der Waals surface area contributed by atoms with Crippen molar-refractivity contribution < 1.29 is 5.11 Å². The lowest BCUT2D eigenvalue weighted by atomic mass is 9.74. The highest BCUT2D eigenvalue weighted by atomic mass is 35.5. The van der Waals surface area contributed by atoms with Crippen molar-refractivity contribution in [2.24, 2.45) is 0 Å². The highest BCUT2D eigenvalue weighted by Gasteiger charge is 2.37. The lowest BCUT2D eigenvalue weighted by Gasteiger charge is -2.42. The first-order valence-corrected chi connectivity index (χ1v) is 7.24. The first-order valence-electron chi connectivity index (χ1n) is 6.86. The third-order valence-electron chi connectivity index (χ3n) is 4.48. The highest BCUT2D eigenvalue weighted by molar-refractivity contribution is 6.30. The van der Waals surface area contributed by atoms with E-state index in [0.29, 0.717) is 12.0 Å². The van der Waals surface area contributed by atoms with Gasteiger partial charge < -0.3 is 10.4 Å². The van der Waals surface area contributed by atoms with E-state index in [2.05, 4.69) is 17.4 Å². The number of halogens is 1. The van der Waals surface area contributed by atoms with Gasteiger partial charge in [0.25, 0.3) is 0 Å². The van der Waals surface area contributed by atoms with E-state index < -0.39 is 5.60 Å². The summed E-state index contributed by atoms with van der Waals surface area (Å²) in [4.78, 5) is 0. The van der Waals surface area contributed by atoms with Gasteiger partial charge in [0.05, 0.1) is 5.60 Å². The zero-order valence-corrected chi connectivity index (χ0v) is 11.3. The summed E-state index contributed by atoms with van der Waals surface area (Å²) in [6.45, 7) is 0.769. The quantitative estimate of drug-likeness (QED) is 0.877. The molecule has 0 aromatic heterocycles. The Kier molecular flexibility index (Phi) is 3.35. The van der Waals surface area contributed by atoms with Gasteiger partial charge in [0.15, 0.2) is 0 Å². The molecular weight excluding hydrogens is 246 g/mol. The van der Waals surface area contributed by atoms with Crippen molar-refractivity contribution in [2.75, 3.05) is 6.54 Å². The lowest BCUT2D eigenvalue weighted by Crippen LogP contribution is -2.51. The molecule has 0 aliphatic heterocycles. The molecule has 2 fully saturated rings. The van der Waals surface area contributed by atoms with Crippen LogP contribution in [0.25, 0.3) is 0 Å². The van der Waals surface area contributed by atoms with Crippen molar-refractivity contribution in [1.82, 2.24) is 5.32 Å². The van der Waals surface area contributed by atoms with Crippen LogP contribution in [0.4, 0.5) is 0 Å². The summed E-state index contributed by atoms with van der Waals surface area (Å²) in [6, 6.07) is 8.77. The standard InChI is InChI=1S/C15H20ClNO/c16-13-4-2-11(3-5-13)12-8-14(9-12)17-10-15(18)6-1-7-15/h2-5,12,14,17-18H,1,6-10H2. The molecule has 1 aromatic rings. The predicted octanol–water partition coefficient (Wildman–Crippen LogP) is 3.09. The molecule has 2 aliphatic rings. The molecule has 2 aliphatic carbocycles. The molecule has 0 saturated heterocycles. The van der Waals surface area contributed by atoms with Gasteiger partial charge in [-0.05, 0) is 55.7 Å². The molecule has 0 spiro atoms. The third-order valence-corrected chi connectivity index (χ3v) is 4.74. The molecular formula is C15H20ClNO. The maximum absolute atomic E-state index is 10.0. The van der Waals surface area contributed by atoms with Crippen LogP contribution in [0, 0.1) is 0 Å². The van der Waals surface area contributed by atoms with Gasteiger partial charge in [-0.15, -0.1) is 0 Å². The summed E-state index contributed by atoms with van der Waals surface area (Å²) < 4.78 is 0. The molecule has 1 aromatic carbocycles. The Bertz CT molecular complexity index is 407. The van der Waals surface area contributed by atoms with Gasteiger partial charge in [-0.25, -0.2) is 0 Å². The number of rotatable bonds is 4. The Morgan fingerprint density at radius 3 is 2.44 bits per heavy atom. The minimum Gasteiger partial charge on any atom is -0.389 e. The van der Waals surface area contributed by atoms with Crippen LogP contribution in [-0.2, 0) is 0 Å². The molecule has 3 heteroatoms. The zero-order valence-electron chi connectivity index (χ0n) is 10.5. The van der Waals surface area contributed by atoms with Gasteiger partial charge in [-0.1, -0.05) is 23.7 Å². The summed E-state index contributed by atoms with van der Waals surface area (Å²) in [5.41, 5.74) is 0.991. The average Bonchev–Trinajstić information content (AvgIpc) is 2.27. The van der Waals surface area contributed by atoms with E-state index in [1.807, 2.05) is 12.1 Å². The molecule has 3 rings (SSSR count). The van der Waals surface area contributed by atoms with E-state index in [1.54, 1.807) is 0 Å². The second kappa shape index (κ2) is 4.84. The van der Waals surface area contributed by atoms with E-state index in [0.717, 1.165) is 24.4 Å². The molecule has 0 radical (unpaired) electrons. The summed E-state index contributed by atoms with van der Waals surface area (Å²) in [6.07, 6.45) is 5.46. The van der Waals surface area contributed by atoms with Crippen LogP contribution < -0.4 is 5.32 Å². The van der Waals surface area contributed by atoms with E-state index in [4.69, 9.17) is 11.6 Å². The second-order valence-electron chi connectivity index (χ2n) is 5.88. The van der Waals surface area contributed by atoms with Crippen molar-refractivity contribution in [3.8, 4) is 0 Å². The minimum absolute atomic E-state index is 0.397. The highest BCUT2D eigenvalue weighted by Crippen LogP contribution is 2.38. The van der Waals surface area contributed by atoms with Crippen molar-refractivity contribution in [2.45, 2.75) is 49.7 Å². The van der Waals surface area contributed by atoms with E-state index in [9.17, 15) is 5.11 Å². The van der Waals surface area contributed by atoms with E-state index >= 15 is 0 Å². The van der Waals surface area contributed by atoms with Gasteiger partial charge in [-0.3, -0.25) is 0 Å². The molecule has 0 heterocycles. The molecule has 98 valence electrons. The lowest BCUT2D eigenvalue weighted by molar-refractivity contribution is -0.0354. The molecule has 2 saturated carbocycles. The molecule has 0 unspecified atom stereocenters. The van der Waals surface area contributed by atoms with Crippen molar-refractivity contribution in [3.63, 3.8) is 0 Å². The maximum Gasteiger partial charge on any atom is 0.0771 e. The number of benzene rings is 1. The van der Waals surface area contributed by atoms with Gasteiger partial charge in [-0.2, -0.15) is 0 Å². The summed E-state index contributed by atoms with van der Waals surface area (Å²) in [5, 5.41) is 14.3. The first-order chi connectivity index (χ1) is 8.65. The molecule has 2 N–H and O–H groups in total. The van der Waals surface area contributed by atoms with Crippen LogP contribution >= 0.6 is 11.6 Å². The molecule has 18 heavy (non-hydrogen) atoms. The maximum atomic E-state index is 10.0. The monoisotopic (exact) mass is 265 g/mol. The Labute approximate surface area is 113 Å². The smallest absolute Gasteiger partial charge is 0.0771 e. The topological polar surface area (TPSA) is 32.3 Å². The number of hydrogen-bond donors (Lipinski definition) is 2. The number of aliphatic hydroxyl groups is 1. The Morgan fingerprint density at radius 2 is 1.89 bits per heavy atom. The summed E-state index contributed by atoms with van der Waals surface area (Å²) in [5.74, 6) is 0.663. The van der Waals surface area contributed by atoms with Gasteiger partial charge in [0.1, 0.15) is 0 Å². The average molecular weight is 266 g/mol. The zero-order chi connectivity index (χ0) is 12.6. The van der Waals surface area contributed by atoms with Crippen LogP contribution in [0.2, 0.25) is 5.02 Å².